The van der Waals surface area contributed by atoms with Gasteiger partial charge < -0.3 is 10.1 Å². The molecule has 7 nitrogen and oxygen atoms in total. The van der Waals surface area contributed by atoms with Crippen molar-refractivity contribution in [2.75, 3.05) is 26.2 Å². The van der Waals surface area contributed by atoms with Gasteiger partial charge in [0.1, 0.15) is 0 Å². The normalized spacial score (nSPS) is 18.1. The summed E-state index contributed by atoms with van der Waals surface area (Å²) in [7, 11) is -3.58. The lowest BCUT2D eigenvalue weighted by molar-refractivity contribution is -0.153. The monoisotopic (exact) mass is 462 g/mol. The van der Waals surface area contributed by atoms with Crippen molar-refractivity contribution < 1.29 is 22.7 Å². The van der Waals surface area contributed by atoms with Gasteiger partial charge in [-0.25, -0.2) is 8.42 Å². The van der Waals surface area contributed by atoms with Crippen molar-refractivity contribution in [2.24, 2.45) is 5.92 Å². The molecule has 32 heavy (non-hydrogen) atoms. The molecule has 0 atom stereocenters. The molecule has 0 bridgehead atoms. The Morgan fingerprint density at radius 3 is 2.53 bits per heavy atom. The van der Waals surface area contributed by atoms with E-state index in [4.69, 9.17) is 4.74 Å². The second-order valence-corrected chi connectivity index (χ2v) is 10.7. The number of piperidine rings is 1. The summed E-state index contributed by atoms with van der Waals surface area (Å²) in [5.41, 5.74) is 3.36. The molecule has 0 aromatic heterocycles. The quantitative estimate of drug-likeness (QED) is 0.473. The van der Waals surface area contributed by atoms with E-state index in [1.807, 2.05) is 19.9 Å². The van der Waals surface area contributed by atoms with Crippen LogP contribution in [0.2, 0.25) is 0 Å². The summed E-state index contributed by atoms with van der Waals surface area (Å²) < 4.78 is 32.4. The molecule has 1 amide bonds. The minimum atomic E-state index is -3.58. The van der Waals surface area contributed by atoms with E-state index < -0.39 is 16.0 Å². The number of sulfonamides is 1. The van der Waals surface area contributed by atoms with Crippen molar-refractivity contribution in [3.63, 3.8) is 0 Å². The maximum Gasteiger partial charge on any atom is 0.309 e. The van der Waals surface area contributed by atoms with Gasteiger partial charge in [-0.3, -0.25) is 9.59 Å². The topological polar surface area (TPSA) is 92.8 Å². The number of amides is 1. The summed E-state index contributed by atoms with van der Waals surface area (Å²) in [4.78, 5) is 24.6. The highest BCUT2D eigenvalue weighted by Gasteiger charge is 2.33. The number of rotatable bonds is 8. The number of nitrogens with zero attached hydrogens (tertiary/aromatic N) is 1. The van der Waals surface area contributed by atoms with E-state index in [9.17, 15) is 18.0 Å². The van der Waals surface area contributed by atoms with Crippen LogP contribution in [-0.4, -0.2) is 50.8 Å². The van der Waals surface area contributed by atoms with Gasteiger partial charge in [0.2, 0.25) is 10.0 Å². The minimum absolute atomic E-state index is 0.260. The lowest BCUT2D eigenvalue weighted by Crippen LogP contribution is -2.41. The van der Waals surface area contributed by atoms with E-state index in [2.05, 4.69) is 11.4 Å². The third-order valence-corrected chi connectivity index (χ3v) is 8.30. The van der Waals surface area contributed by atoms with Crippen LogP contribution in [0, 0.1) is 19.8 Å². The Kier molecular flexibility index (Phi) is 8.48. The zero-order chi connectivity index (χ0) is 23.1. The fourth-order valence-corrected chi connectivity index (χ4v) is 5.71. The standard InChI is InChI=1S/C24H34N2O5S/c1-18-8-9-22(16-19(18)2)32(29,30)26-14-11-21(12-15-26)24(28)31-17-23(27)25-13-10-20-6-4-3-5-7-20/h6,8-9,16,21H,3-5,7,10-15,17H2,1-2H3,(H,25,27). The second kappa shape index (κ2) is 11.1. The molecule has 1 N–H and O–H groups in total. The lowest BCUT2D eigenvalue weighted by atomic mass is 9.97. The molecule has 176 valence electrons. The first-order chi connectivity index (χ1) is 15.3. The number of hydrogen-bond acceptors (Lipinski definition) is 5. The molecule has 0 saturated carbocycles. The molecule has 1 saturated heterocycles. The van der Waals surface area contributed by atoms with Crippen LogP contribution in [0.3, 0.4) is 0 Å². The summed E-state index contributed by atoms with van der Waals surface area (Å²) in [6.45, 7) is 4.61. The Labute approximate surface area is 191 Å². The average Bonchev–Trinajstić information content (AvgIpc) is 2.80. The Hall–Kier alpha value is -2.19. The van der Waals surface area contributed by atoms with Gasteiger partial charge >= 0.3 is 5.97 Å². The van der Waals surface area contributed by atoms with Crippen LogP contribution in [0.15, 0.2) is 34.7 Å². The maximum atomic E-state index is 12.9. The van der Waals surface area contributed by atoms with Crippen LogP contribution in [0.5, 0.6) is 0 Å². The number of nitrogens with one attached hydrogen (secondary N) is 1. The van der Waals surface area contributed by atoms with Crippen LogP contribution in [-0.2, 0) is 24.3 Å². The highest BCUT2D eigenvalue weighted by atomic mass is 32.2. The van der Waals surface area contributed by atoms with Crippen LogP contribution in [0.1, 0.15) is 56.1 Å². The van der Waals surface area contributed by atoms with Gasteiger partial charge in [-0.05, 0) is 82.1 Å². The van der Waals surface area contributed by atoms with Gasteiger partial charge in [0.05, 0.1) is 10.8 Å². The summed E-state index contributed by atoms with van der Waals surface area (Å²) in [6.07, 6.45) is 8.53. The molecule has 0 radical (unpaired) electrons. The van der Waals surface area contributed by atoms with Gasteiger partial charge in [0, 0.05) is 19.6 Å². The van der Waals surface area contributed by atoms with Gasteiger partial charge in [-0.15, -0.1) is 0 Å². The highest BCUT2D eigenvalue weighted by Crippen LogP contribution is 2.26. The van der Waals surface area contributed by atoms with Gasteiger partial charge in [0.15, 0.2) is 6.61 Å². The molecular formula is C24H34N2O5S. The molecular weight excluding hydrogens is 428 g/mol. The van der Waals surface area contributed by atoms with Crippen molar-refractivity contribution >= 4 is 21.9 Å². The molecule has 8 heteroatoms. The van der Waals surface area contributed by atoms with E-state index in [1.165, 1.54) is 22.7 Å². The summed E-state index contributed by atoms with van der Waals surface area (Å²) >= 11 is 0. The number of benzene rings is 1. The number of carbonyl (C=O) groups excluding carboxylic acids is 2. The van der Waals surface area contributed by atoms with E-state index in [1.54, 1.807) is 12.1 Å². The first-order valence-corrected chi connectivity index (χ1v) is 12.9. The van der Waals surface area contributed by atoms with Crippen molar-refractivity contribution in [1.29, 1.82) is 0 Å². The molecule has 1 aliphatic carbocycles. The largest absolute Gasteiger partial charge is 0.455 e. The van der Waals surface area contributed by atoms with Gasteiger partial charge in [-0.2, -0.15) is 4.31 Å². The average molecular weight is 463 g/mol. The zero-order valence-electron chi connectivity index (χ0n) is 19.1. The van der Waals surface area contributed by atoms with E-state index >= 15 is 0 Å². The Morgan fingerprint density at radius 1 is 1.12 bits per heavy atom. The number of allylic oxidation sites excluding steroid dienone is 1. The van der Waals surface area contributed by atoms with Crippen LogP contribution in [0.4, 0.5) is 0 Å². The molecule has 1 aromatic carbocycles. The van der Waals surface area contributed by atoms with Crippen molar-refractivity contribution in [1.82, 2.24) is 9.62 Å². The number of esters is 1. The molecule has 1 aromatic rings. The van der Waals surface area contributed by atoms with E-state index in [-0.39, 0.29) is 36.4 Å². The molecule has 1 fully saturated rings. The molecule has 3 rings (SSSR count). The van der Waals surface area contributed by atoms with Crippen LogP contribution in [0.25, 0.3) is 0 Å². The molecule has 1 aliphatic heterocycles. The van der Waals surface area contributed by atoms with Crippen LogP contribution < -0.4 is 5.32 Å². The Bertz CT molecular complexity index is 963. The van der Waals surface area contributed by atoms with Gasteiger partial charge in [0.25, 0.3) is 5.91 Å². The fraction of sp³-hybridized carbons (Fsp3) is 0.583. The van der Waals surface area contributed by atoms with Crippen molar-refractivity contribution in [2.45, 2.75) is 63.7 Å². The predicted molar refractivity (Wildman–Crippen MR) is 123 cm³/mol. The first-order valence-electron chi connectivity index (χ1n) is 11.5. The smallest absolute Gasteiger partial charge is 0.309 e. The third kappa shape index (κ3) is 6.42. The van der Waals surface area contributed by atoms with Gasteiger partial charge in [-0.1, -0.05) is 17.7 Å². The maximum absolute atomic E-state index is 12.9. The van der Waals surface area contributed by atoms with E-state index in [0.717, 1.165) is 30.4 Å². The first kappa shape index (κ1) is 24.5. The summed E-state index contributed by atoms with van der Waals surface area (Å²) in [6, 6.07) is 5.12. The summed E-state index contributed by atoms with van der Waals surface area (Å²) in [5, 5.41) is 2.80. The second-order valence-electron chi connectivity index (χ2n) is 8.74. The minimum Gasteiger partial charge on any atom is -0.455 e. The number of ether oxygens (including phenoxy) is 1. The Balaban J connectivity index is 1.40. The fourth-order valence-electron chi connectivity index (χ4n) is 4.16. The Morgan fingerprint density at radius 2 is 1.88 bits per heavy atom. The molecule has 0 unspecified atom stereocenters. The predicted octanol–water partition coefficient (Wildman–Crippen LogP) is 3.25. The van der Waals surface area contributed by atoms with Crippen LogP contribution >= 0.6 is 0 Å². The number of hydrogen-bond donors (Lipinski definition) is 1. The highest BCUT2D eigenvalue weighted by molar-refractivity contribution is 7.89. The third-order valence-electron chi connectivity index (χ3n) is 6.40. The van der Waals surface area contributed by atoms with Crippen molar-refractivity contribution in [3.05, 3.63) is 41.0 Å². The SMILES string of the molecule is Cc1ccc(S(=O)(=O)N2CCC(C(=O)OCC(=O)NCCC3=CCCCC3)CC2)cc1C. The molecule has 0 spiro atoms. The van der Waals surface area contributed by atoms with E-state index in [0.29, 0.717) is 19.4 Å². The molecule has 2 aliphatic rings. The van der Waals surface area contributed by atoms with Crippen molar-refractivity contribution in [3.8, 4) is 0 Å². The molecule has 1 heterocycles. The number of carbonyl (C=O) groups is 2. The zero-order valence-corrected chi connectivity index (χ0v) is 19.9. The lowest BCUT2D eigenvalue weighted by Gasteiger charge is -2.30. The summed E-state index contributed by atoms with van der Waals surface area (Å²) in [5.74, 6) is -1.12. The number of aryl methyl sites for hydroxylation is 2.